The van der Waals surface area contributed by atoms with Crippen LogP contribution in [0.5, 0.6) is 0 Å². The van der Waals surface area contributed by atoms with Gasteiger partial charge in [-0.15, -0.1) is 0 Å². The van der Waals surface area contributed by atoms with Crippen LogP contribution in [0.15, 0.2) is 29.2 Å². The summed E-state index contributed by atoms with van der Waals surface area (Å²) in [4.78, 5) is 17.8. The van der Waals surface area contributed by atoms with Gasteiger partial charge in [-0.05, 0) is 17.7 Å². The first kappa shape index (κ1) is 7.94. The molecule has 0 aliphatic rings. The van der Waals surface area contributed by atoms with E-state index in [9.17, 15) is 4.79 Å². The lowest BCUT2D eigenvalue weighted by atomic mass is 10.2. The van der Waals surface area contributed by atoms with Crippen LogP contribution in [0, 0.1) is 0 Å². The van der Waals surface area contributed by atoms with E-state index in [-0.39, 0.29) is 5.56 Å². The summed E-state index contributed by atoms with van der Waals surface area (Å²) in [5.41, 5.74) is 7.79. The highest BCUT2D eigenvalue weighted by Crippen LogP contribution is 2.10. The molecule has 0 aliphatic heterocycles. The summed E-state index contributed by atoms with van der Waals surface area (Å²) < 4.78 is 0. The molecule has 0 atom stereocenters. The van der Waals surface area contributed by atoms with E-state index in [1.807, 2.05) is 0 Å². The molecule has 4 heteroatoms. The third kappa shape index (κ3) is 1.31. The Morgan fingerprint density at radius 3 is 3.00 bits per heavy atom. The smallest absolute Gasteiger partial charge is 0.248 e. The number of aromatic amines is 1. The largest absolute Gasteiger partial charge is 0.326 e. The van der Waals surface area contributed by atoms with Crippen molar-refractivity contribution in [1.82, 2.24) is 9.97 Å². The number of hydrogen-bond donors (Lipinski definition) is 2. The Hall–Kier alpha value is -1.68. The number of H-pyrrole nitrogens is 1. The van der Waals surface area contributed by atoms with Crippen molar-refractivity contribution < 1.29 is 0 Å². The first-order valence-corrected chi connectivity index (χ1v) is 3.98. The molecule has 2 aromatic heterocycles. The minimum atomic E-state index is -0.129. The molecule has 2 aromatic rings. The van der Waals surface area contributed by atoms with E-state index >= 15 is 0 Å². The lowest BCUT2D eigenvalue weighted by Gasteiger charge is -2.01. The van der Waals surface area contributed by atoms with Gasteiger partial charge in [-0.25, -0.2) is 0 Å². The van der Waals surface area contributed by atoms with Gasteiger partial charge < -0.3 is 10.7 Å². The molecule has 0 spiro atoms. The van der Waals surface area contributed by atoms with Crippen LogP contribution in [0.4, 0.5) is 0 Å². The van der Waals surface area contributed by atoms with E-state index in [0.717, 1.165) is 16.6 Å². The molecule has 66 valence electrons. The van der Waals surface area contributed by atoms with Gasteiger partial charge in [-0.1, -0.05) is 0 Å². The van der Waals surface area contributed by atoms with E-state index < -0.39 is 0 Å². The molecular weight excluding hydrogens is 166 g/mol. The Balaban J connectivity index is 2.87. The number of hydrogen-bond acceptors (Lipinski definition) is 3. The summed E-state index contributed by atoms with van der Waals surface area (Å²) >= 11 is 0. The quantitative estimate of drug-likeness (QED) is 0.658. The van der Waals surface area contributed by atoms with E-state index in [0.29, 0.717) is 6.54 Å². The lowest BCUT2D eigenvalue weighted by molar-refractivity contribution is 1.06. The highest BCUT2D eigenvalue weighted by atomic mass is 16.1. The summed E-state index contributed by atoms with van der Waals surface area (Å²) in [6.45, 7) is 0.402. The van der Waals surface area contributed by atoms with Gasteiger partial charge in [0.15, 0.2) is 0 Å². The van der Waals surface area contributed by atoms with Crippen LogP contribution in [0.25, 0.3) is 11.0 Å². The van der Waals surface area contributed by atoms with E-state index in [1.54, 1.807) is 18.3 Å². The van der Waals surface area contributed by atoms with Crippen molar-refractivity contribution in [2.24, 2.45) is 5.73 Å². The number of fused-ring (bicyclic) bond motifs is 1. The predicted molar refractivity (Wildman–Crippen MR) is 50.3 cm³/mol. The molecule has 0 saturated heterocycles. The molecule has 0 aliphatic carbocycles. The van der Waals surface area contributed by atoms with Crippen LogP contribution < -0.4 is 11.3 Å². The van der Waals surface area contributed by atoms with Crippen molar-refractivity contribution in [2.45, 2.75) is 6.54 Å². The fourth-order valence-corrected chi connectivity index (χ4v) is 1.28. The number of aromatic nitrogens is 2. The van der Waals surface area contributed by atoms with Crippen LogP contribution in [-0.4, -0.2) is 9.97 Å². The fourth-order valence-electron chi connectivity index (χ4n) is 1.28. The number of rotatable bonds is 1. The molecule has 2 rings (SSSR count). The Kier molecular flexibility index (Phi) is 1.83. The number of nitrogens with one attached hydrogen (secondary N) is 1. The Morgan fingerprint density at radius 2 is 2.23 bits per heavy atom. The van der Waals surface area contributed by atoms with Gasteiger partial charge in [0.25, 0.3) is 0 Å². The Morgan fingerprint density at radius 1 is 1.38 bits per heavy atom. The molecule has 13 heavy (non-hydrogen) atoms. The minimum absolute atomic E-state index is 0.129. The molecule has 0 fully saturated rings. The topological polar surface area (TPSA) is 71.8 Å². The van der Waals surface area contributed by atoms with Crippen molar-refractivity contribution in [3.8, 4) is 0 Å². The summed E-state index contributed by atoms with van der Waals surface area (Å²) in [5, 5.41) is 0. The second kappa shape index (κ2) is 2.99. The third-order valence-corrected chi connectivity index (χ3v) is 1.93. The molecule has 0 saturated carbocycles. The van der Waals surface area contributed by atoms with Gasteiger partial charge in [0.2, 0.25) is 5.56 Å². The summed E-state index contributed by atoms with van der Waals surface area (Å²) in [7, 11) is 0. The van der Waals surface area contributed by atoms with Crippen LogP contribution >= 0.6 is 0 Å². The van der Waals surface area contributed by atoms with Gasteiger partial charge in [0.1, 0.15) is 0 Å². The zero-order chi connectivity index (χ0) is 9.26. The molecule has 3 N–H and O–H groups in total. The molecule has 0 bridgehead atoms. The molecule has 4 nitrogen and oxygen atoms in total. The molecular formula is C9H9N3O. The van der Waals surface area contributed by atoms with Gasteiger partial charge in [-0.2, -0.15) is 0 Å². The first-order chi connectivity index (χ1) is 6.31. The van der Waals surface area contributed by atoms with Gasteiger partial charge in [-0.3, -0.25) is 9.78 Å². The molecule has 0 amide bonds. The van der Waals surface area contributed by atoms with Crippen molar-refractivity contribution in [2.75, 3.05) is 0 Å². The summed E-state index contributed by atoms with van der Waals surface area (Å²) in [6, 6.07) is 4.95. The Bertz CT molecular complexity index is 489. The van der Waals surface area contributed by atoms with Gasteiger partial charge >= 0.3 is 0 Å². The maximum atomic E-state index is 11.0. The van der Waals surface area contributed by atoms with E-state index in [1.165, 1.54) is 6.07 Å². The van der Waals surface area contributed by atoms with Crippen LogP contribution in [0.2, 0.25) is 0 Å². The van der Waals surface area contributed by atoms with Crippen LogP contribution in [0.3, 0.4) is 0 Å². The second-order valence-electron chi connectivity index (χ2n) is 2.76. The van der Waals surface area contributed by atoms with E-state index in [4.69, 9.17) is 5.73 Å². The number of pyridine rings is 2. The van der Waals surface area contributed by atoms with Crippen LogP contribution in [0.1, 0.15) is 5.56 Å². The third-order valence-electron chi connectivity index (χ3n) is 1.93. The number of nitrogens with zero attached hydrogens (tertiary/aromatic N) is 1. The summed E-state index contributed by atoms with van der Waals surface area (Å²) in [6.07, 6.45) is 1.68. The lowest BCUT2D eigenvalue weighted by Crippen LogP contribution is -2.07. The maximum Gasteiger partial charge on any atom is 0.248 e. The molecule has 0 unspecified atom stereocenters. The van der Waals surface area contributed by atoms with Crippen molar-refractivity contribution in [3.63, 3.8) is 0 Å². The summed E-state index contributed by atoms with van der Waals surface area (Å²) in [5.74, 6) is 0. The second-order valence-corrected chi connectivity index (χ2v) is 2.76. The van der Waals surface area contributed by atoms with E-state index in [2.05, 4.69) is 9.97 Å². The van der Waals surface area contributed by atoms with Gasteiger partial charge in [0, 0.05) is 18.8 Å². The average molecular weight is 175 g/mol. The SMILES string of the molecule is NCc1ccnc2ccc(=O)[nH]c12. The van der Waals surface area contributed by atoms with Crippen molar-refractivity contribution >= 4 is 11.0 Å². The molecule has 0 aromatic carbocycles. The van der Waals surface area contributed by atoms with Crippen molar-refractivity contribution in [1.29, 1.82) is 0 Å². The zero-order valence-corrected chi connectivity index (χ0v) is 6.95. The average Bonchev–Trinajstić information content (AvgIpc) is 2.17. The highest BCUT2D eigenvalue weighted by Gasteiger charge is 1.99. The monoisotopic (exact) mass is 175 g/mol. The normalized spacial score (nSPS) is 10.5. The minimum Gasteiger partial charge on any atom is -0.326 e. The Labute approximate surface area is 74.4 Å². The number of nitrogens with two attached hydrogens (primary N) is 1. The molecule has 0 radical (unpaired) electrons. The fraction of sp³-hybridized carbons (Fsp3) is 0.111. The predicted octanol–water partition coefficient (Wildman–Crippen LogP) is 0.382. The first-order valence-electron chi connectivity index (χ1n) is 3.98. The van der Waals surface area contributed by atoms with Gasteiger partial charge in [0.05, 0.1) is 11.0 Å². The van der Waals surface area contributed by atoms with Crippen LogP contribution in [-0.2, 0) is 6.54 Å². The maximum absolute atomic E-state index is 11.0. The van der Waals surface area contributed by atoms with Crippen molar-refractivity contribution in [3.05, 3.63) is 40.3 Å². The highest BCUT2D eigenvalue weighted by molar-refractivity contribution is 5.76. The standard InChI is InChI=1S/C9H9N3O/c10-5-6-3-4-11-7-1-2-8(13)12-9(6)7/h1-4H,5,10H2,(H,12,13). The zero-order valence-electron chi connectivity index (χ0n) is 6.95. The molecule has 2 heterocycles.